The molecular weight excluding hydrogens is 356 g/mol. The van der Waals surface area contributed by atoms with E-state index in [4.69, 9.17) is 9.47 Å². The molecule has 0 spiro atoms. The third-order valence-electron chi connectivity index (χ3n) is 3.98. The Hall–Kier alpha value is -3.95. The first-order valence-corrected chi connectivity index (χ1v) is 7.86. The number of carbonyl (C=O) groups excluding carboxylic acids is 1. The van der Waals surface area contributed by atoms with E-state index in [-0.39, 0.29) is 29.2 Å². The lowest BCUT2D eigenvalue weighted by molar-refractivity contribution is -0.384. The summed E-state index contributed by atoms with van der Waals surface area (Å²) in [4.78, 5) is 25.2. The number of amides is 1. The smallest absolute Gasteiger partial charge is 0.308 e. The summed E-state index contributed by atoms with van der Waals surface area (Å²) in [7, 11) is 0. The van der Waals surface area contributed by atoms with Crippen molar-refractivity contribution in [2.45, 2.75) is 6.10 Å². The fourth-order valence-corrected chi connectivity index (χ4v) is 2.67. The average Bonchev–Trinajstić information content (AvgIpc) is 2.99. The first kappa shape index (κ1) is 16.5. The zero-order chi connectivity index (χ0) is 19.0. The molecule has 2 aromatic carbocycles. The first-order chi connectivity index (χ1) is 13.0. The number of fused-ring (bicyclic) bond motifs is 2. The molecule has 10 nitrogen and oxygen atoms in total. The Kier molecular flexibility index (Phi) is 3.92. The number of nitro groups is 1. The van der Waals surface area contributed by atoms with E-state index in [0.717, 1.165) is 0 Å². The van der Waals surface area contributed by atoms with Gasteiger partial charge in [0.15, 0.2) is 17.2 Å². The standard InChI is InChI=1S/C17H12N4O6/c22-16(14-8-26-12-3-1-2-4-13(12)27-14)20-19-15-10-7-9(21(24)25)5-6-11(10)18-17(15)23/h1-7,14,18,23H,8H2/t14-/m1/s1. The third-order valence-corrected chi connectivity index (χ3v) is 3.98. The molecule has 0 unspecified atom stereocenters. The van der Waals surface area contributed by atoms with Crippen LogP contribution in [0.1, 0.15) is 0 Å². The number of azo groups is 1. The van der Waals surface area contributed by atoms with Crippen molar-refractivity contribution in [3.05, 3.63) is 52.6 Å². The topological polar surface area (TPSA) is 139 Å². The monoisotopic (exact) mass is 368 g/mol. The Labute approximate surface area is 151 Å². The molecule has 1 atom stereocenters. The number of hydrogen-bond donors (Lipinski definition) is 2. The number of benzene rings is 2. The number of non-ortho nitro benzene ring substituents is 1. The number of para-hydroxylation sites is 2. The second-order valence-corrected chi connectivity index (χ2v) is 5.71. The van der Waals surface area contributed by atoms with Gasteiger partial charge in [-0.05, 0) is 18.2 Å². The third kappa shape index (κ3) is 3.03. The molecule has 0 fully saturated rings. The van der Waals surface area contributed by atoms with Gasteiger partial charge in [-0.2, -0.15) is 0 Å². The Morgan fingerprint density at radius 1 is 1.26 bits per heavy atom. The van der Waals surface area contributed by atoms with Crippen molar-refractivity contribution >= 4 is 28.2 Å². The molecule has 0 bridgehead atoms. The number of aromatic hydroxyl groups is 1. The molecular formula is C17H12N4O6. The molecule has 0 saturated carbocycles. The van der Waals surface area contributed by atoms with Crippen molar-refractivity contribution in [3.8, 4) is 17.4 Å². The highest BCUT2D eigenvalue weighted by molar-refractivity contribution is 5.96. The summed E-state index contributed by atoms with van der Waals surface area (Å²) in [6.07, 6.45) is -0.981. The molecule has 1 amide bonds. The molecule has 136 valence electrons. The summed E-state index contributed by atoms with van der Waals surface area (Å²) in [5.74, 6) is -0.111. The van der Waals surface area contributed by atoms with Gasteiger partial charge in [0.05, 0.1) is 10.4 Å². The summed E-state index contributed by atoms with van der Waals surface area (Å²) >= 11 is 0. The highest BCUT2D eigenvalue weighted by Gasteiger charge is 2.27. The number of hydrogen-bond acceptors (Lipinski definition) is 7. The Morgan fingerprint density at radius 2 is 2.04 bits per heavy atom. The molecule has 1 aliphatic heterocycles. The maximum absolute atomic E-state index is 12.3. The summed E-state index contributed by atoms with van der Waals surface area (Å²) in [5.41, 5.74) is 0.176. The zero-order valence-corrected chi connectivity index (χ0v) is 13.7. The summed E-state index contributed by atoms with van der Waals surface area (Å²) in [6, 6.07) is 10.9. The number of rotatable bonds is 3. The number of aromatic amines is 1. The van der Waals surface area contributed by atoms with Gasteiger partial charge in [-0.15, -0.1) is 10.2 Å². The molecule has 0 radical (unpaired) electrons. The van der Waals surface area contributed by atoms with Crippen LogP contribution in [0.5, 0.6) is 17.4 Å². The van der Waals surface area contributed by atoms with E-state index >= 15 is 0 Å². The van der Waals surface area contributed by atoms with Crippen LogP contribution in [-0.4, -0.2) is 33.6 Å². The molecule has 2 N–H and O–H groups in total. The van der Waals surface area contributed by atoms with Crippen LogP contribution in [0.15, 0.2) is 52.7 Å². The van der Waals surface area contributed by atoms with Crippen LogP contribution in [0.4, 0.5) is 11.4 Å². The lowest BCUT2D eigenvalue weighted by Gasteiger charge is -2.23. The number of carbonyl (C=O) groups is 1. The number of nitro benzene ring substituents is 1. The second-order valence-electron chi connectivity index (χ2n) is 5.71. The van der Waals surface area contributed by atoms with Gasteiger partial charge < -0.3 is 19.6 Å². The van der Waals surface area contributed by atoms with E-state index in [1.54, 1.807) is 24.3 Å². The lowest BCUT2D eigenvalue weighted by atomic mass is 10.2. The predicted molar refractivity (Wildman–Crippen MR) is 92.5 cm³/mol. The highest BCUT2D eigenvalue weighted by atomic mass is 16.6. The van der Waals surface area contributed by atoms with Gasteiger partial charge in [0.25, 0.3) is 5.69 Å². The fourth-order valence-electron chi connectivity index (χ4n) is 2.67. The molecule has 1 aromatic heterocycles. The van der Waals surface area contributed by atoms with Crippen LogP contribution in [0.3, 0.4) is 0 Å². The second kappa shape index (κ2) is 6.41. The SMILES string of the molecule is O=C(N=Nc1c(O)[nH]c2ccc([N+](=O)[O-])cc12)[C@H]1COc2ccccc2O1. The normalized spacial score (nSPS) is 15.9. The van der Waals surface area contributed by atoms with E-state index in [1.165, 1.54) is 18.2 Å². The predicted octanol–water partition coefficient (Wildman–Crippen LogP) is 3.23. The number of ether oxygens (including phenoxy) is 2. The van der Waals surface area contributed by atoms with Crippen molar-refractivity contribution in [2.75, 3.05) is 6.61 Å². The van der Waals surface area contributed by atoms with Crippen LogP contribution >= 0.6 is 0 Å². The van der Waals surface area contributed by atoms with Gasteiger partial charge in [0.2, 0.25) is 12.0 Å². The van der Waals surface area contributed by atoms with Gasteiger partial charge in [-0.1, -0.05) is 12.1 Å². The number of H-pyrrole nitrogens is 1. The molecule has 1 aliphatic rings. The molecule has 0 aliphatic carbocycles. The van der Waals surface area contributed by atoms with Crippen LogP contribution in [0.25, 0.3) is 10.9 Å². The molecule has 10 heteroatoms. The van der Waals surface area contributed by atoms with Crippen LogP contribution in [0.2, 0.25) is 0 Å². The molecule has 0 saturated heterocycles. The molecule has 2 heterocycles. The first-order valence-electron chi connectivity index (χ1n) is 7.86. The van der Waals surface area contributed by atoms with E-state index in [0.29, 0.717) is 17.0 Å². The number of nitrogens with zero attached hydrogens (tertiary/aromatic N) is 3. The van der Waals surface area contributed by atoms with E-state index < -0.39 is 16.9 Å². The minimum Gasteiger partial charge on any atom is -0.493 e. The van der Waals surface area contributed by atoms with Crippen molar-refractivity contribution in [3.63, 3.8) is 0 Å². The Bertz CT molecular complexity index is 1090. The molecule has 4 rings (SSSR count). The lowest BCUT2D eigenvalue weighted by Crippen LogP contribution is -2.35. The molecule has 3 aromatic rings. The van der Waals surface area contributed by atoms with Crippen molar-refractivity contribution in [1.29, 1.82) is 0 Å². The van der Waals surface area contributed by atoms with E-state index in [1.807, 2.05) is 0 Å². The summed E-state index contributed by atoms with van der Waals surface area (Å²) in [5, 5.41) is 28.5. The fraction of sp³-hybridized carbons (Fsp3) is 0.118. The van der Waals surface area contributed by atoms with Crippen molar-refractivity contribution in [1.82, 2.24) is 4.98 Å². The Balaban J connectivity index is 1.59. The highest BCUT2D eigenvalue weighted by Crippen LogP contribution is 2.37. The number of aromatic nitrogens is 1. The minimum absolute atomic E-state index is 0.0276. The van der Waals surface area contributed by atoms with Crippen molar-refractivity contribution in [2.24, 2.45) is 10.2 Å². The Morgan fingerprint density at radius 3 is 2.81 bits per heavy atom. The van der Waals surface area contributed by atoms with Crippen molar-refractivity contribution < 1.29 is 24.3 Å². The van der Waals surface area contributed by atoms with Gasteiger partial charge in [-0.25, -0.2) is 0 Å². The summed E-state index contributed by atoms with van der Waals surface area (Å²) < 4.78 is 11.0. The summed E-state index contributed by atoms with van der Waals surface area (Å²) in [6.45, 7) is -0.0276. The average molecular weight is 368 g/mol. The van der Waals surface area contributed by atoms with Gasteiger partial charge in [-0.3, -0.25) is 14.9 Å². The van der Waals surface area contributed by atoms with Gasteiger partial charge in [0.1, 0.15) is 6.61 Å². The molecule has 27 heavy (non-hydrogen) atoms. The maximum atomic E-state index is 12.3. The quantitative estimate of drug-likeness (QED) is 0.413. The maximum Gasteiger partial charge on any atom is 0.308 e. The van der Waals surface area contributed by atoms with Crippen LogP contribution in [-0.2, 0) is 4.79 Å². The van der Waals surface area contributed by atoms with E-state index in [9.17, 15) is 20.0 Å². The van der Waals surface area contributed by atoms with Gasteiger partial charge in [0, 0.05) is 17.5 Å². The largest absolute Gasteiger partial charge is 0.493 e. The van der Waals surface area contributed by atoms with Gasteiger partial charge >= 0.3 is 5.91 Å². The number of nitrogens with one attached hydrogen (secondary N) is 1. The van der Waals surface area contributed by atoms with Crippen LogP contribution < -0.4 is 9.47 Å². The minimum atomic E-state index is -0.981. The van der Waals surface area contributed by atoms with Crippen LogP contribution in [0, 0.1) is 10.1 Å². The zero-order valence-electron chi connectivity index (χ0n) is 13.7. The van der Waals surface area contributed by atoms with E-state index in [2.05, 4.69) is 15.2 Å².